The van der Waals surface area contributed by atoms with Crippen LogP contribution in [0.3, 0.4) is 0 Å². The Labute approximate surface area is 168 Å². The van der Waals surface area contributed by atoms with Crippen molar-refractivity contribution in [3.63, 3.8) is 0 Å². The summed E-state index contributed by atoms with van der Waals surface area (Å²) in [4.78, 5) is 25.5. The van der Waals surface area contributed by atoms with Crippen LogP contribution in [-0.4, -0.2) is 47.0 Å². The fourth-order valence-electron chi connectivity index (χ4n) is 3.75. The van der Waals surface area contributed by atoms with Crippen molar-refractivity contribution in [2.24, 2.45) is 0 Å². The zero-order valence-corrected chi connectivity index (χ0v) is 17.0. The van der Waals surface area contributed by atoms with Crippen molar-refractivity contribution in [3.05, 3.63) is 52.5 Å². The standard InChI is InChI=1S/C21H25F3N4O/c1-13(2)18-14(3)25-15(4)26-19(18)27-8-10-28(11-9-27)20(29)16-6-5-7-17(12-16)21(22,23)24/h5-7,12-13H,8-11H2,1-4H3. The van der Waals surface area contributed by atoms with Crippen molar-refractivity contribution >= 4 is 11.7 Å². The van der Waals surface area contributed by atoms with Gasteiger partial charge in [0.15, 0.2) is 0 Å². The molecule has 1 amide bonds. The molecule has 2 aromatic rings. The molecule has 5 nitrogen and oxygen atoms in total. The normalized spacial score (nSPS) is 15.2. The molecule has 1 aliphatic heterocycles. The van der Waals surface area contributed by atoms with Crippen LogP contribution in [-0.2, 0) is 6.18 Å². The number of amides is 1. The molecule has 1 aromatic heterocycles. The summed E-state index contributed by atoms with van der Waals surface area (Å²) in [7, 11) is 0. The van der Waals surface area contributed by atoms with Gasteiger partial charge in [-0.3, -0.25) is 4.79 Å². The van der Waals surface area contributed by atoms with E-state index in [1.165, 1.54) is 12.1 Å². The molecule has 0 bridgehead atoms. The van der Waals surface area contributed by atoms with Crippen molar-refractivity contribution < 1.29 is 18.0 Å². The van der Waals surface area contributed by atoms with Gasteiger partial charge in [0.1, 0.15) is 11.6 Å². The van der Waals surface area contributed by atoms with Gasteiger partial charge in [-0.05, 0) is 38.0 Å². The lowest BCUT2D eigenvalue weighted by molar-refractivity contribution is -0.137. The molecule has 0 radical (unpaired) electrons. The Hall–Kier alpha value is -2.64. The van der Waals surface area contributed by atoms with E-state index in [4.69, 9.17) is 0 Å². The number of carbonyl (C=O) groups excluding carboxylic acids is 1. The fraction of sp³-hybridized carbons (Fsp3) is 0.476. The third kappa shape index (κ3) is 4.52. The Morgan fingerprint density at radius 1 is 1.07 bits per heavy atom. The van der Waals surface area contributed by atoms with Crippen LogP contribution in [0.5, 0.6) is 0 Å². The minimum Gasteiger partial charge on any atom is -0.353 e. The number of hydrogen-bond donors (Lipinski definition) is 0. The van der Waals surface area contributed by atoms with E-state index in [9.17, 15) is 18.0 Å². The zero-order valence-electron chi connectivity index (χ0n) is 17.0. The first-order valence-electron chi connectivity index (χ1n) is 9.64. The predicted molar refractivity (Wildman–Crippen MR) is 105 cm³/mol. The third-order valence-corrected chi connectivity index (χ3v) is 5.11. The number of aryl methyl sites for hydroxylation is 2. The highest BCUT2D eigenvalue weighted by Crippen LogP contribution is 2.31. The van der Waals surface area contributed by atoms with Gasteiger partial charge in [0.2, 0.25) is 0 Å². The maximum absolute atomic E-state index is 12.9. The van der Waals surface area contributed by atoms with E-state index in [1.54, 1.807) is 4.90 Å². The van der Waals surface area contributed by atoms with Crippen LogP contribution >= 0.6 is 0 Å². The van der Waals surface area contributed by atoms with Gasteiger partial charge in [-0.15, -0.1) is 0 Å². The summed E-state index contributed by atoms with van der Waals surface area (Å²) in [5.41, 5.74) is 1.29. The molecular formula is C21H25F3N4O. The first kappa shape index (κ1) is 21.1. The SMILES string of the molecule is Cc1nc(C)c(C(C)C)c(N2CCN(C(=O)c3cccc(C(F)(F)F)c3)CC2)n1. The maximum atomic E-state index is 12.9. The minimum absolute atomic E-state index is 0.0601. The van der Waals surface area contributed by atoms with E-state index < -0.39 is 11.7 Å². The molecule has 2 heterocycles. The van der Waals surface area contributed by atoms with E-state index in [2.05, 4.69) is 28.7 Å². The zero-order chi connectivity index (χ0) is 21.3. The Bertz CT molecular complexity index is 903. The Balaban J connectivity index is 1.76. The Morgan fingerprint density at radius 3 is 2.31 bits per heavy atom. The first-order chi connectivity index (χ1) is 13.6. The summed E-state index contributed by atoms with van der Waals surface area (Å²) in [5.74, 6) is 1.46. The first-order valence-corrected chi connectivity index (χ1v) is 9.64. The second kappa shape index (κ2) is 8.00. The lowest BCUT2D eigenvalue weighted by atomic mass is 10.0. The third-order valence-electron chi connectivity index (χ3n) is 5.11. The number of aromatic nitrogens is 2. The topological polar surface area (TPSA) is 49.3 Å². The molecule has 0 atom stereocenters. The summed E-state index contributed by atoms with van der Waals surface area (Å²) in [6.07, 6.45) is -4.47. The number of anilines is 1. The highest BCUT2D eigenvalue weighted by Gasteiger charge is 2.32. The van der Waals surface area contributed by atoms with E-state index >= 15 is 0 Å². The predicted octanol–water partition coefficient (Wildman–Crippen LogP) is 4.20. The summed E-state index contributed by atoms with van der Waals surface area (Å²) >= 11 is 0. The van der Waals surface area contributed by atoms with Crippen LogP contribution in [0.2, 0.25) is 0 Å². The highest BCUT2D eigenvalue weighted by atomic mass is 19.4. The van der Waals surface area contributed by atoms with E-state index in [-0.39, 0.29) is 17.4 Å². The molecule has 1 fully saturated rings. The number of benzene rings is 1. The molecule has 1 saturated heterocycles. The molecule has 0 aliphatic carbocycles. The molecular weight excluding hydrogens is 381 g/mol. The van der Waals surface area contributed by atoms with Crippen LogP contribution in [0.15, 0.2) is 24.3 Å². The number of nitrogens with zero attached hydrogens (tertiary/aromatic N) is 4. The van der Waals surface area contributed by atoms with E-state index in [0.717, 1.165) is 29.2 Å². The number of halogens is 3. The second-order valence-electron chi connectivity index (χ2n) is 7.61. The van der Waals surface area contributed by atoms with Crippen molar-refractivity contribution in [3.8, 4) is 0 Å². The van der Waals surface area contributed by atoms with Gasteiger partial charge >= 0.3 is 6.18 Å². The van der Waals surface area contributed by atoms with Crippen molar-refractivity contribution in [1.29, 1.82) is 0 Å². The smallest absolute Gasteiger partial charge is 0.353 e. The van der Waals surface area contributed by atoms with Crippen LogP contribution in [0.1, 0.15) is 52.8 Å². The van der Waals surface area contributed by atoms with Crippen molar-refractivity contribution in [2.75, 3.05) is 31.1 Å². The molecule has 156 valence electrons. The lowest BCUT2D eigenvalue weighted by Gasteiger charge is -2.37. The van der Waals surface area contributed by atoms with Crippen LogP contribution < -0.4 is 4.90 Å². The quantitative estimate of drug-likeness (QED) is 0.767. The van der Waals surface area contributed by atoms with Crippen molar-refractivity contribution in [2.45, 2.75) is 39.8 Å². The number of piperazine rings is 1. The number of rotatable bonds is 3. The van der Waals surface area contributed by atoms with Gasteiger partial charge in [-0.2, -0.15) is 13.2 Å². The summed E-state index contributed by atoms with van der Waals surface area (Å²) in [5, 5.41) is 0. The highest BCUT2D eigenvalue weighted by molar-refractivity contribution is 5.94. The van der Waals surface area contributed by atoms with Gasteiger partial charge in [-0.25, -0.2) is 9.97 Å². The van der Waals surface area contributed by atoms with Crippen LogP contribution in [0, 0.1) is 13.8 Å². The monoisotopic (exact) mass is 406 g/mol. The van der Waals surface area contributed by atoms with Crippen LogP contribution in [0.4, 0.5) is 19.0 Å². The molecule has 0 unspecified atom stereocenters. The molecule has 0 N–H and O–H groups in total. The number of hydrogen-bond acceptors (Lipinski definition) is 4. The Kier molecular flexibility index (Phi) is 5.82. The van der Waals surface area contributed by atoms with E-state index in [1.807, 2.05) is 13.8 Å². The second-order valence-corrected chi connectivity index (χ2v) is 7.61. The number of carbonyl (C=O) groups is 1. The molecule has 0 saturated carbocycles. The minimum atomic E-state index is -4.47. The summed E-state index contributed by atoms with van der Waals surface area (Å²) in [6.45, 7) is 10.0. The van der Waals surface area contributed by atoms with Gasteiger partial charge in [-0.1, -0.05) is 19.9 Å². The Morgan fingerprint density at radius 2 is 1.72 bits per heavy atom. The molecule has 3 rings (SSSR count). The molecule has 0 spiro atoms. The largest absolute Gasteiger partial charge is 0.416 e. The van der Waals surface area contributed by atoms with E-state index in [0.29, 0.717) is 32.0 Å². The van der Waals surface area contributed by atoms with Crippen LogP contribution in [0.25, 0.3) is 0 Å². The van der Waals surface area contributed by atoms with Gasteiger partial charge in [0.25, 0.3) is 5.91 Å². The van der Waals surface area contributed by atoms with Gasteiger partial charge in [0.05, 0.1) is 5.56 Å². The summed E-state index contributed by atoms with van der Waals surface area (Å²) < 4.78 is 38.8. The molecule has 8 heteroatoms. The van der Waals surface area contributed by atoms with Crippen molar-refractivity contribution in [1.82, 2.24) is 14.9 Å². The van der Waals surface area contributed by atoms with Gasteiger partial charge < -0.3 is 9.80 Å². The number of alkyl halides is 3. The summed E-state index contributed by atoms with van der Waals surface area (Å²) in [6, 6.07) is 4.59. The lowest BCUT2D eigenvalue weighted by Crippen LogP contribution is -2.49. The average molecular weight is 406 g/mol. The van der Waals surface area contributed by atoms with Gasteiger partial charge in [0, 0.05) is 43.0 Å². The molecule has 1 aliphatic rings. The molecule has 1 aromatic carbocycles. The fourth-order valence-corrected chi connectivity index (χ4v) is 3.75. The maximum Gasteiger partial charge on any atom is 0.416 e. The average Bonchev–Trinajstić information content (AvgIpc) is 2.66. The molecule has 29 heavy (non-hydrogen) atoms.